The molecule has 0 fully saturated rings. The molecule has 9 heteroatoms. The van der Waals surface area contributed by atoms with Crippen LogP contribution in [0.4, 0.5) is 5.69 Å². The molecule has 0 radical (unpaired) electrons. The Labute approximate surface area is 193 Å². The van der Waals surface area contributed by atoms with E-state index >= 15 is 0 Å². The van der Waals surface area contributed by atoms with Gasteiger partial charge in [-0.15, -0.1) is 0 Å². The third-order valence-corrected chi connectivity index (χ3v) is 4.65. The molecule has 3 rings (SSSR count). The maximum atomic E-state index is 12.6. The van der Waals surface area contributed by atoms with E-state index in [1.165, 1.54) is 4.90 Å². The fourth-order valence-electron chi connectivity index (χ4n) is 3.11. The van der Waals surface area contributed by atoms with Gasteiger partial charge in [0.15, 0.2) is 0 Å². The summed E-state index contributed by atoms with van der Waals surface area (Å²) in [7, 11) is 3.82. The lowest BCUT2D eigenvalue weighted by Gasteiger charge is -2.28. The molecular formula is C24H33N3O6. The minimum absolute atomic E-state index is 0.232. The normalized spacial score (nSPS) is 12.1. The van der Waals surface area contributed by atoms with Crippen molar-refractivity contribution in [1.29, 1.82) is 0 Å². The summed E-state index contributed by atoms with van der Waals surface area (Å²) in [6.07, 6.45) is 2.05. The van der Waals surface area contributed by atoms with E-state index in [9.17, 15) is 19.2 Å². The maximum Gasteiger partial charge on any atom is 0.303 e. The van der Waals surface area contributed by atoms with Gasteiger partial charge in [-0.2, -0.15) is 0 Å². The zero-order valence-electron chi connectivity index (χ0n) is 19.6. The highest BCUT2D eigenvalue weighted by molar-refractivity contribution is 6.25. The summed E-state index contributed by atoms with van der Waals surface area (Å²) >= 11 is 0. The van der Waals surface area contributed by atoms with Crippen LogP contribution in [0, 0.1) is 0 Å². The second kappa shape index (κ2) is 13.2. The second-order valence-electron chi connectivity index (χ2n) is 7.82. The third-order valence-electron chi connectivity index (χ3n) is 4.65. The van der Waals surface area contributed by atoms with Crippen LogP contribution in [0.2, 0.25) is 0 Å². The Kier molecular flexibility index (Phi) is 11.0. The van der Waals surface area contributed by atoms with Gasteiger partial charge < -0.3 is 20.8 Å². The molecule has 0 unspecified atom stereocenters. The Hall–Kier alpha value is -3.46. The molecule has 0 atom stereocenters. The average Bonchev–Trinajstić information content (AvgIpc) is 2.72. The van der Waals surface area contributed by atoms with Crippen LogP contribution >= 0.6 is 0 Å². The molecule has 0 bridgehead atoms. The predicted molar refractivity (Wildman–Crippen MR) is 127 cm³/mol. The monoisotopic (exact) mass is 459 g/mol. The Morgan fingerprint density at radius 2 is 1.48 bits per heavy atom. The minimum atomic E-state index is -0.711. The van der Waals surface area contributed by atoms with Gasteiger partial charge in [0.2, 0.25) is 0 Å². The van der Waals surface area contributed by atoms with E-state index in [-0.39, 0.29) is 11.8 Å². The number of benzene rings is 2. The summed E-state index contributed by atoms with van der Waals surface area (Å²) in [6, 6.07) is 8.90. The number of carboxylic acid groups (broad SMARTS) is 2. The molecule has 0 aromatic heterocycles. The molecule has 1 aliphatic rings. The summed E-state index contributed by atoms with van der Waals surface area (Å²) in [5, 5.41) is 17.4. The number of nitrogens with two attached hydrogens (primary N) is 1. The van der Waals surface area contributed by atoms with Gasteiger partial charge in [-0.3, -0.25) is 24.1 Å². The zero-order chi connectivity index (χ0) is 25.1. The molecule has 4 N–H and O–H groups in total. The molecule has 1 aliphatic heterocycles. The largest absolute Gasteiger partial charge is 0.481 e. The van der Waals surface area contributed by atoms with Gasteiger partial charge in [0, 0.05) is 42.6 Å². The topological polar surface area (TPSA) is 141 Å². The number of carboxylic acids is 2. The van der Waals surface area contributed by atoms with Crippen molar-refractivity contribution in [1.82, 2.24) is 9.80 Å². The number of nitrogens with zero attached hydrogens (tertiary/aromatic N) is 2. The lowest BCUT2D eigenvalue weighted by molar-refractivity contribution is -0.138. The summed E-state index contributed by atoms with van der Waals surface area (Å²) < 4.78 is 0. The van der Waals surface area contributed by atoms with Crippen molar-refractivity contribution in [2.45, 2.75) is 39.5 Å². The number of hydrogen-bond donors (Lipinski definition) is 3. The highest BCUT2D eigenvalue weighted by Crippen LogP contribution is 2.31. The van der Waals surface area contributed by atoms with E-state index in [0.29, 0.717) is 48.1 Å². The molecule has 1 heterocycles. The van der Waals surface area contributed by atoms with E-state index in [1.54, 1.807) is 18.2 Å². The van der Waals surface area contributed by atoms with Gasteiger partial charge in [-0.1, -0.05) is 26.0 Å². The number of likely N-dealkylation sites (N-methyl/N-ethyl adjacent to an activating group) is 1. The molecule has 2 aromatic carbocycles. The van der Waals surface area contributed by atoms with Crippen LogP contribution < -0.4 is 5.73 Å². The van der Waals surface area contributed by atoms with E-state index in [1.807, 2.05) is 45.0 Å². The van der Waals surface area contributed by atoms with E-state index < -0.39 is 11.9 Å². The Bertz CT molecular complexity index is 987. The quantitative estimate of drug-likeness (QED) is 0.423. The number of rotatable bonds is 7. The molecule has 33 heavy (non-hydrogen) atoms. The number of amides is 2. The lowest BCUT2D eigenvalue weighted by atomic mass is 9.93. The predicted octanol–water partition coefficient (Wildman–Crippen LogP) is 3.32. The van der Waals surface area contributed by atoms with Crippen LogP contribution in [0.15, 0.2) is 30.3 Å². The average molecular weight is 460 g/mol. The highest BCUT2D eigenvalue weighted by atomic mass is 16.4. The van der Waals surface area contributed by atoms with Crippen LogP contribution in [-0.2, 0) is 9.59 Å². The maximum absolute atomic E-state index is 12.6. The number of carbonyl (C=O) groups is 4. The SMILES string of the molecule is CCCC(=O)O.CCCC(=O)O.CN(C)CCN1C(=O)c2cccc3cc(N)cc(c23)C1=O. The molecule has 180 valence electrons. The number of hydrogen-bond acceptors (Lipinski definition) is 6. The first-order valence-corrected chi connectivity index (χ1v) is 10.8. The van der Waals surface area contributed by atoms with Gasteiger partial charge in [0.25, 0.3) is 11.8 Å². The van der Waals surface area contributed by atoms with Crippen LogP contribution in [0.1, 0.15) is 60.2 Å². The summed E-state index contributed by atoms with van der Waals surface area (Å²) in [5.41, 5.74) is 7.49. The molecule has 0 saturated carbocycles. The van der Waals surface area contributed by atoms with Crippen LogP contribution in [-0.4, -0.2) is 71.0 Å². The van der Waals surface area contributed by atoms with Gasteiger partial charge >= 0.3 is 11.9 Å². The fraction of sp³-hybridized carbons (Fsp3) is 0.417. The Morgan fingerprint density at radius 3 is 1.94 bits per heavy atom. The standard InChI is InChI=1S/C16H17N3O2.2C4H8O2/c1-18(2)6-7-19-15(20)12-5-3-4-10-8-11(17)9-13(14(10)12)16(19)21;2*1-2-3-4(5)6/h3-5,8-9H,6-7,17H2,1-2H3;2*2-3H2,1H3,(H,5,6). The van der Waals surface area contributed by atoms with E-state index in [4.69, 9.17) is 15.9 Å². The zero-order valence-corrected chi connectivity index (χ0v) is 19.6. The summed E-state index contributed by atoms with van der Waals surface area (Å²) in [4.78, 5) is 47.6. The van der Waals surface area contributed by atoms with Crippen molar-refractivity contribution in [2.24, 2.45) is 0 Å². The van der Waals surface area contributed by atoms with Crippen LogP contribution in [0.3, 0.4) is 0 Å². The fourth-order valence-corrected chi connectivity index (χ4v) is 3.11. The molecule has 2 amide bonds. The smallest absolute Gasteiger partial charge is 0.303 e. The number of nitrogen functional groups attached to an aromatic ring is 1. The molecule has 0 aliphatic carbocycles. The minimum Gasteiger partial charge on any atom is -0.481 e. The van der Waals surface area contributed by atoms with Gasteiger partial charge in [0.05, 0.1) is 5.56 Å². The second-order valence-corrected chi connectivity index (χ2v) is 7.82. The first kappa shape index (κ1) is 27.6. The van der Waals surface area contributed by atoms with Gasteiger partial charge in [-0.25, -0.2) is 0 Å². The van der Waals surface area contributed by atoms with E-state index in [2.05, 4.69) is 0 Å². The molecule has 2 aromatic rings. The Morgan fingerprint density at radius 1 is 0.939 bits per heavy atom. The summed E-state index contributed by atoms with van der Waals surface area (Å²) in [6.45, 7) is 4.68. The van der Waals surface area contributed by atoms with Crippen molar-refractivity contribution >= 4 is 40.2 Å². The Balaban J connectivity index is 0.000000377. The van der Waals surface area contributed by atoms with Crippen molar-refractivity contribution in [3.63, 3.8) is 0 Å². The molecule has 9 nitrogen and oxygen atoms in total. The van der Waals surface area contributed by atoms with Gasteiger partial charge in [-0.05, 0) is 50.5 Å². The van der Waals surface area contributed by atoms with Crippen molar-refractivity contribution in [3.05, 3.63) is 41.5 Å². The number of carbonyl (C=O) groups excluding carboxylic acids is 2. The molecule has 0 saturated heterocycles. The number of aliphatic carboxylic acids is 2. The first-order valence-electron chi connectivity index (χ1n) is 10.8. The summed E-state index contributed by atoms with van der Waals surface area (Å²) in [5.74, 6) is -1.92. The van der Waals surface area contributed by atoms with Crippen LogP contribution in [0.5, 0.6) is 0 Å². The van der Waals surface area contributed by atoms with Crippen molar-refractivity contribution in [3.8, 4) is 0 Å². The highest BCUT2D eigenvalue weighted by Gasteiger charge is 2.32. The van der Waals surface area contributed by atoms with Gasteiger partial charge in [0.1, 0.15) is 0 Å². The molecule has 0 spiro atoms. The van der Waals surface area contributed by atoms with E-state index in [0.717, 1.165) is 18.2 Å². The number of imide groups is 1. The third kappa shape index (κ3) is 8.19. The first-order chi connectivity index (χ1) is 15.5. The number of anilines is 1. The van der Waals surface area contributed by atoms with Crippen molar-refractivity contribution < 1.29 is 29.4 Å². The van der Waals surface area contributed by atoms with Crippen LogP contribution in [0.25, 0.3) is 10.8 Å². The van der Waals surface area contributed by atoms with Crippen molar-refractivity contribution in [2.75, 3.05) is 32.9 Å². The lowest BCUT2D eigenvalue weighted by Crippen LogP contribution is -2.43. The molecular weight excluding hydrogens is 426 g/mol.